The normalized spacial score (nSPS) is 9.88. The summed E-state index contributed by atoms with van der Waals surface area (Å²) in [5.41, 5.74) is 0. The molecule has 0 aromatic rings. The van der Waals surface area contributed by atoms with Gasteiger partial charge in [-0.15, -0.1) is 0 Å². The fourth-order valence-corrected chi connectivity index (χ4v) is 0. The van der Waals surface area contributed by atoms with E-state index in [1.165, 1.54) is 0 Å². The van der Waals surface area contributed by atoms with Crippen LogP contribution in [0.2, 0.25) is 0 Å². The van der Waals surface area contributed by atoms with E-state index in [9.17, 15) is 13.2 Å². The number of carboxylic acids is 1. The summed E-state index contributed by atoms with van der Waals surface area (Å²) in [5.74, 6) is -3.01. The van der Waals surface area contributed by atoms with Gasteiger partial charge in [0.25, 0.3) is 0 Å². The monoisotopic (exact) mass is 242 g/mol. The van der Waals surface area contributed by atoms with Crippen LogP contribution in [0.1, 0.15) is 0 Å². The Morgan fingerprint density at radius 1 is 1.38 bits per heavy atom. The Hall–Kier alpha value is -0.0100. The van der Waals surface area contributed by atoms with Crippen molar-refractivity contribution in [2.45, 2.75) is 6.18 Å². The number of carboxylic acid groups (broad SMARTS) is 1. The van der Waals surface area contributed by atoms with Crippen LogP contribution < -0.4 is 29.1 Å². The van der Waals surface area contributed by atoms with E-state index in [0.29, 0.717) is 0 Å². The zero-order chi connectivity index (χ0) is 6.08. The van der Waals surface area contributed by atoms with E-state index in [4.69, 9.17) is 9.90 Å². The maximum Gasteiger partial charge on any atom is 0.430 e. The Kier molecular flexibility index (Phi) is 4.22. The number of aliphatic carboxylic acids is 1. The van der Waals surface area contributed by atoms with Gasteiger partial charge in [0.15, 0.2) is 0 Å². The third-order valence-corrected chi connectivity index (χ3v) is 0.231. The quantitative estimate of drug-likeness (QED) is 0.404. The van der Waals surface area contributed by atoms with Gasteiger partial charge >= 0.3 is 6.18 Å². The smallest absolute Gasteiger partial charge is 0.430 e. The number of hydrogen-bond acceptors (Lipinski definition) is 2. The lowest BCUT2D eigenvalue weighted by Gasteiger charge is -2.03. The van der Waals surface area contributed by atoms with Crippen molar-refractivity contribution in [2.24, 2.45) is 0 Å². The van der Waals surface area contributed by atoms with Crippen molar-refractivity contribution in [1.82, 2.24) is 0 Å². The van der Waals surface area contributed by atoms with Gasteiger partial charge in [-0.2, -0.15) is 13.2 Å². The van der Waals surface area contributed by atoms with Crippen molar-refractivity contribution in [3.8, 4) is 0 Å². The fourth-order valence-electron chi connectivity index (χ4n) is 0. The number of hydrogen-bond donors (Lipinski definition) is 0. The maximum atomic E-state index is 10.5. The third kappa shape index (κ3) is 4.16. The molecule has 0 rings (SSSR count). The molecule has 2 nitrogen and oxygen atoms in total. The van der Waals surface area contributed by atoms with Crippen molar-refractivity contribution in [3.05, 3.63) is 0 Å². The zero-order valence-corrected chi connectivity index (χ0v) is 5.95. The standard InChI is InChI=1S/C2HF3O2.H2I/c3-2(4,5)1(6)7;/h(H,6,7);1H2/q;+1/p-1. The van der Waals surface area contributed by atoms with E-state index in [2.05, 4.69) is 0 Å². The van der Waals surface area contributed by atoms with Crippen LogP contribution in [0.15, 0.2) is 0 Å². The minimum atomic E-state index is -5.19. The molecule has 0 heterocycles. The molecule has 0 aliphatic carbocycles. The molecule has 0 radical (unpaired) electrons. The van der Waals surface area contributed by atoms with Crippen LogP contribution >= 0.6 is 0 Å². The highest BCUT2D eigenvalue weighted by atomic mass is 127. The SMILES string of the molecule is O=C([O-])C(F)(F)F.[IH2+]. The predicted octanol–water partition coefficient (Wildman–Crippen LogP) is -4.23. The Morgan fingerprint density at radius 3 is 1.50 bits per heavy atom. The van der Waals surface area contributed by atoms with Crippen LogP contribution in [0.4, 0.5) is 13.2 Å². The van der Waals surface area contributed by atoms with E-state index in [1.807, 2.05) is 0 Å². The minimum Gasteiger partial charge on any atom is -0.542 e. The summed E-state index contributed by atoms with van der Waals surface area (Å²) in [4.78, 5) is 8.78. The number of carbonyl (C=O) groups is 1. The van der Waals surface area contributed by atoms with Crippen molar-refractivity contribution in [1.29, 1.82) is 0 Å². The number of halogens is 4. The van der Waals surface area contributed by atoms with E-state index < -0.39 is 12.1 Å². The summed E-state index contributed by atoms with van der Waals surface area (Å²) in [6.07, 6.45) is -5.19. The molecular formula is C2H2F3IO2. The second-order valence-corrected chi connectivity index (χ2v) is 0.785. The largest absolute Gasteiger partial charge is 0.542 e. The Morgan fingerprint density at radius 2 is 1.50 bits per heavy atom. The highest BCUT2D eigenvalue weighted by Gasteiger charge is 2.28. The van der Waals surface area contributed by atoms with E-state index >= 15 is 0 Å². The number of carbonyl (C=O) groups excluding carboxylic acids is 1. The molecular weight excluding hydrogens is 240 g/mol. The summed E-state index contributed by atoms with van der Waals surface area (Å²) in [6, 6.07) is 0. The Balaban J connectivity index is 0. The van der Waals surface area contributed by atoms with Gasteiger partial charge < -0.3 is 9.90 Å². The molecule has 0 unspecified atom stereocenters. The molecule has 0 aromatic heterocycles. The van der Waals surface area contributed by atoms with Gasteiger partial charge in [0, 0.05) is 0 Å². The highest BCUT2D eigenvalue weighted by molar-refractivity contribution is 5.70. The molecule has 0 aliphatic rings. The van der Waals surface area contributed by atoms with E-state index in [0.717, 1.165) is 0 Å². The first-order valence-corrected chi connectivity index (χ1v) is 1.23. The molecule has 0 saturated carbocycles. The van der Waals surface area contributed by atoms with Gasteiger partial charge in [-0.3, -0.25) is 0 Å². The van der Waals surface area contributed by atoms with Gasteiger partial charge in [-0.25, -0.2) is 0 Å². The summed E-state index contributed by atoms with van der Waals surface area (Å²) in [7, 11) is 0. The lowest BCUT2D eigenvalue weighted by molar-refractivity contribution is -0.344. The minimum absolute atomic E-state index is 0. The molecule has 0 fully saturated rings. The van der Waals surface area contributed by atoms with Crippen LogP contribution in [0.25, 0.3) is 0 Å². The average Bonchev–Trinajstić information content (AvgIpc) is 1.31. The maximum absolute atomic E-state index is 10.5. The molecule has 0 aliphatic heterocycles. The zero-order valence-electron chi connectivity index (χ0n) is 3.40. The summed E-state index contributed by atoms with van der Waals surface area (Å²) in [6.45, 7) is 0. The fraction of sp³-hybridized carbons (Fsp3) is 0.500. The number of alkyl halides is 3. The summed E-state index contributed by atoms with van der Waals surface area (Å²) in [5, 5.41) is 8.78. The number of rotatable bonds is 0. The Labute approximate surface area is 59.7 Å². The molecule has 6 heteroatoms. The molecule has 0 aromatic carbocycles. The molecule has 0 spiro atoms. The van der Waals surface area contributed by atoms with Crippen molar-refractivity contribution >= 4 is 5.97 Å². The first-order valence-electron chi connectivity index (χ1n) is 1.23. The second kappa shape index (κ2) is 3.10. The molecule has 0 amide bonds. The van der Waals surface area contributed by atoms with Crippen LogP contribution in [-0.4, -0.2) is 12.1 Å². The van der Waals surface area contributed by atoms with Crippen molar-refractivity contribution < 1.29 is 47.0 Å². The molecule has 0 saturated heterocycles. The second-order valence-electron chi connectivity index (χ2n) is 0.785. The van der Waals surface area contributed by atoms with Crippen molar-refractivity contribution in [3.63, 3.8) is 0 Å². The van der Waals surface area contributed by atoms with Crippen molar-refractivity contribution in [2.75, 3.05) is 0 Å². The first kappa shape index (κ1) is 10.9. The average molecular weight is 242 g/mol. The molecule has 0 bridgehead atoms. The topological polar surface area (TPSA) is 40.1 Å². The predicted molar refractivity (Wildman–Crippen MR) is 13.9 cm³/mol. The molecule has 8 heavy (non-hydrogen) atoms. The van der Waals surface area contributed by atoms with E-state index in [1.54, 1.807) is 0 Å². The highest BCUT2D eigenvalue weighted by Crippen LogP contribution is 2.11. The third-order valence-electron chi connectivity index (χ3n) is 0.231. The van der Waals surface area contributed by atoms with Gasteiger partial charge in [0.2, 0.25) is 24.0 Å². The summed E-state index contributed by atoms with van der Waals surface area (Å²) >= 11 is 0. The molecule has 0 atom stereocenters. The molecule has 50 valence electrons. The van der Waals surface area contributed by atoms with Crippen LogP contribution in [0.3, 0.4) is 0 Å². The van der Waals surface area contributed by atoms with E-state index in [-0.39, 0.29) is 24.0 Å². The van der Waals surface area contributed by atoms with Crippen LogP contribution in [-0.2, 0) is 4.79 Å². The van der Waals surface area contributed by atoms with Gasteiger partial charge in [0.05, 0.1) is 0 Å². The lowest BCUT2D eigenvalue weighted by atomic mass is 10.7. The van der Waals surface area contributed by atoms with Gasteiger partial charge in [0.1, 0.15) is 5.97 Å². The van der Waals surface area contributed by atoms with Crippen LogP contribution in [0.5, 0.6) is 0 Å². The van der Waals surface area contributed by atoms with Crippen LogP contribution in [0, 0.1) is 0 Å². The summed E-state index contributed by atoms with van der Waals surface area (Å²) < 4.78 is 31.5. The Bertz CT molecular complexity index is 87.8. The van der Waals surface area contributed by atoms with Gasteiger partial charge in [-0.05, 0) is 0 Å². The molecule has 0 N–H and O–H groups in total. The van der Waals surface area contributed by atoms with Gasteiger partial charge in [-0.1, -0.05) is 0 Å². The lowest BCUT2D eigenvalue weighted by Crippen LogP contribution is -3.00. The first-order chi connectivity index (χ1) is 2.94.